The third-order valence-electron chi connectivity index (χ3n) is 3.60. The van der Waals surface area contributed by atoms with E-state index in [2.05, 4.69) is 0 Å². The van der Waals surface area contributed by atoms with Crippen LogP contribution in [0.15, 0.2) is 41.1 Å². The van der Waals surface area contributed by atoms with E-state index >= 15 is 0 Å². The summed E-state index contributed by atoms with van der Waals surface area (Å²) < 4.78 is 40.8. The van der Waals surface area contributed by atoms with Gasteiger partial charge in [0.15, 0.2) is 0 Å². The molecular weight excluding hydrogens is 327 g/mol. The first-order valence-electron chi connectivity index (χ1n) is 7.03. The van der Waals surface area contributed by atoms with Gasteiger partial charge in [-0.1, -0.05) is 12.1 Å². The van der Waals surface area contributed by atoms with Gasteiger partial charge in [-0.3, -0.25) is 4.79 Å². The number of amides is 1. The Morgan fingerprint density at radius 1 is 1.17 bits per heavy atom. The number of carbonyl (C=O) groups excluding carboxylic acids is 1. The van der Waals surface area contributed by atoms with Gasteiger partial charge in [0.25, 0.3) is 5.91 Å². The van der Waals surface area contributed by atoms with Crippen LogP contribution in [0, 0.1) is 0 Å². The molecule has 0 atom stereocenters. The minimum Gasteiger partial charge on any atom is -0.365 e. The lowest BCUT2D eigenvalue weighted by Crippen LogP contribution is -2.55. The standard InChI is InChI=1S/C16H14F3NO2S/c17-16(18,19)10-22-14-7-20(8-14)15(21)12-3-1-11(2-4-12)13-5-6-23-9-13/h1-6,9,14H,7-8,10H2. The van der Waals surface area contributed by atoms with E-state index in [0.717, 1.165) is 11.1 Å². The zero-order valence-electron chi connectivity index (χ0n) is 12.0. The molecule has 1 fully saturated rings. The number of nitrogens with zero attached hydrogens (tertiary/aromatic N) is 1. The topological polar surface area (TPSA) is 29.5 Å². The van der Waals surface area contributed by atoms with Gasteiger partial charge in [0.2, 0.25) is 0 Å². The number of hydrogen-bond donors (Lipinski definition) is 0. The number of rotatable bonds is 4. The largest absolute Gasteiger partial charge is 0.411 e. The Morgan fingerprint density at radius 3 is 2.43 bits per heavy atom. The fourth-order valence-electron chi connectivity index (χ4n) is 2.34. The minimum atomic E-state index is -4.33. The van der Waals surface area contributed by atoms with Crippen LogP contribution in [0.25, 0.3) is 11.1 Å². The summed E-state index contributed by atoms with van der Waals surface area (Å²) >= 11 is 1.60. The Bertz CT molecular complexity index is 662. The maximum Gasteiger partial charge on any atom is 0.411 e. The van der Waals surface area contributed by atoms with Crippen molar-refractivity contribution < 1.29 is 22.7 Å². The third kappa shape index (κ3) is 3.92. The van der Waals surface area contributed by atoms with Crippen molar-refractivity contribution in [3.8, 4) is 11.1 Å². The van der Waals surface area contributed by atoms with Crippen molar-refractivity contribution in [2.75, 3.05) is 19.7 Å². The summed E-state index contributed by atoms with van der Waals surface area (Å²) in [6, 6.07) is 9.21. The van der Waals surface area contributed by atoms with Crippen molar-refractivity contribution in [1.29, 1.82) is 0 Å². The van der Waals surface area contributed by atoms with Crippen LogP contribution in [0.4, 0.5) is 13.2 Å². The van der Waals surface area contributed by atoms with Crippen molar-refractivity contribution in [1.82, 2.24) is 4.90 Å². The smallest absolute Gasteiger partial charge is 0.365 e. The predicted molar refractivity (Wildman–Crippen MR) is 81.5 cm³/mol. The molecule has 0 aliphatic carbocycles. The highest BCUT2D eigenvalue weighted by atomic mass is 32.1. The Labute approximate surface area is 135 Å². The molecule has 1 aromatic carbocycles. The highest BCUT2D eigenvalue weighted by Crippen LogP contribution is 2.24. The number of carbonyl (C=O) groups is 1. The number of ether oxygens (including phenoxy) is 1. The fourth-order valence-corrected chi connectivity index (χ4v) is 3.00. The third-order valence-corrected chi connectivity index (χ3v) is 4.29. The first-order valence-corrected chi connectivity index (χ1v) is 7.97. The fraction of sp³-hybridized carbons (Fsp3) is 0.312. The molecule has 2 aromatic rings. The maximum atomic E-state index is 12.2. The molecule has 0 unspecified atom stereocenters. The van der Waals surface area contributed by atoms with Gasteiger partial charge >= 0.3 is 6.18 Å². The van der Waals surface area contributed by atoms with E-state index in [-0.39, 0.29) is 19.0 Å². The second-order valence-electron chi connectivity index (χ2n) is 5.35. The molecule has 2 heterocycles. The lowest BCUT2D eigenvalue weighted by Gasteiger charge is -2.39. The van der Waals surface area contributed by atoms with Crippen LogP contribution < -0.4 is 0 Å². The Balaban J connectivity index is 1.54. The van der Waals surface area contributed by atoms with Gasteiger partial charge in [0.1, 0.15) is 6.61 Å². The molecule has 23 heavy (non-hydrogen) atoms. The van der Waals surface area contributed by atoms with Crippen molar-refractivity contribution >= 4 is 17.2 Å². The van der Waals surface area contributed by atoms with Crippen molar-refractivity contribution in [3.05, 3.63) is 46.7 Å². The summed E-state index contributed by atoms with van der Waals surface area (Å²) in [5, 5.41) is 4.00. The highest BCUT2D eigenvalue weighted by Gasteiger charge is 2.36. The van der Waals surface area contributed by atoms with Crippen molar-refractivity contribution in [2.45, 2.75) is 12.3 Å². The van der Waals surface area contributed by atoms with E-state index in [0.29, 0.717) is 5.56 Å². The van der Waals surface area contributed by atoms with Gasteiger partial charge in [0, 0.05) is 18.7 Å². The van der Waals surface area contributed by atoms with Gasteiger partial charge < -0.3 is 9.64 Å². The first-order chi connectivity index (χ1) is 10.9. The number of hydrogen-bond acceptors (Lipinski definition) is 3. The van der Waals surface area contributed by atoms with E-state index in [1.165, 1.54) is 4.90 Å². The number of alkyl halides is 3. The summed E-state index contributed by atoms with van der Waals surface area (Å²) in [6.45, 7) is -0.878. The van der Waals surface area contributed by atoms with Gasteiger partial charge in [-0.05, 0) is 40.1 Å². The molecule has 122 valence electrons. The van der Waals surface area contributed by atoms with Gasteiger partial charge in [0.05, 0.1) is 6.10 Å². The van der Waals surface area contributed by atoms with E-state index in [1.807, 2.05) is 29.0 Å². The summed E-state index contributed by atoms with van der Waals surface area (Å²) in [4.78, 5) is 13.7. The van der Waals surface area contributed by atoms with E-state index in [4.69, 9.17) is 4.74 Å². The molecule has 0 spiro atoms. The molecule has 0 bridgehead atoms. The van der Waals surface area contributed by atoms with Crippen LogP contribution >= 0.6 is 11.3 Å². The van der Waals surface area contributed by atoms with Crippen LogP contribution in [-0.2, 0) is 4.74 Å². The van der Waals surface area contributed by atoms with E-state index < -0.39 is 18.9 Å². The van der Waals surface area contributed by atoms with Crippen LogP contribution in [0.2, 0.25) is 0 Å². The van der Waals surface area contributed by atoms with Crippen LogP contribution in [0.5, 0.6) is 0 Å². The second kappa shape index (κ2) is 6.33. The summed E-state index contributed by atoms with van der Waals surface area (Å²) in [6.07, 6.45) is -4.87. The minimum absolute atomic E-state index is 0.186. The normalized spacial score (nSPS) is 15.5. The average Bonchev–Trinajstić information content (AvgIpc) is 2.98. The lowest BCUT2D eigenvalue weighted by atomic mass is 10.0. The number of likely N-dealkylation sites (tertiary alicyclic amines) is 1. The highest BCUT2D eigenvalue weighted by molar-refractivity contribution is 7.08. The molecule has 1 saturated heterocycles. The van der Waals surface area contributed by atoms with Crippen LogP contribution in [0.1, 0.15) is 10.4 Å². The van der Waals surface area contributed by atoms with E-state index in [9.17, 15) is 18.0 Å². The van der Waals surface area contributed by atoms with Crippen LogP contribution in [-0.4, -0.2) is 42.8 Å². The molecule has 0 N–H and O–H groups in total. The molecule has 1 aliphatic heterocycles. The number of benzene rings is 1. The van der Waals surface area contributed by atoms with Crippen molar-refractivity contribution in [3.63, 3.8) is 0 Å². The lowest BCUT2D eigenvalue weighted by molar-refractivity contribution is -0.196. The SMILES string of the molecule is O=C(c1ccc(-c2ccsc2)cc1)N1CC(OCC(F)(F)F)C1. The second-order valence-corrected chi connectivity index (χ2v) is 6.13. The molecular formula is C16H14F3NO2S. The molecule has 1 amide bonds. The van der Waals surface area contributed by atoms with E-state index in [1.54, 1.807) is 23.5 Å². The summed E-state index contributed by atoms with van der Waals surface area (Å²) in [7, 11) is 0. The zero-order chi connectivity index (χ0) is 16.4. The first kappa shape index (κ1) is 16.0. The Hall–Kier alpha value is -1.86. The van der Waals surface area contributed by atoms with Gasteiger partial charge in [-0.15, -0.1) is 0 Å². The monoisotopic (exact) mass is 341 g/mol. The molecule has 1 aliphatic rings. The van der Waals surface area contributed by atoms with Gasteiger partial charge in [-0.25, -0.2) is 0 Å². The molecule has 1 aromatic heterocycles. The molecule has 0 saturated carbocycles. The maximum absolute atomic E-state index is 12.2. The molecule has 0 radical (unpaired) electrons. The predicted octanol–water partition coefficient (Wildman–Crippen LogP) is 3.82. The van der Waals surface area contributed by atoms with Gasteiger partial charge in [-0.2, -0.15) is 24.5 Å². The molecule has 3 nitrogen and oxygen atoms in total. The number of thiophene rings is 1. The van der Waals surface area contributed by atoms with Crippen LogP contribution in [0.3, 0.4) is 0 Å². The van der Waals surface area contributed by atoms with Crippen molar-refractivity contribution in [2.24, 2.45) is 0 Å². The summed E-state index contributed by atoms with van der Waals surface area (Å²) in [5.41, 5.74) is 2.65. The molecule has 3 rings (SSSR count). The molecule has 7 heteroatoms. The Kier molecular flexibility index (Phi) is 4.41. The quantitative estimate of drug-likeness (QED) is 0.846. The number of halogens is 3. The summed E-state index contributed by atoms with van der Waals surface area (Å²) in [5.74, 6) is -0.186. The Morgan fingerprint density at radius 2 is 1.87 bits per heavy atom. The zero-order valence-corrected chi connectivity index (χ0v) is 12.9. The average molecular weight is 341 g/mol.